The lowest BCUT2D eigenvalue weighted by molar-refractivity contribution is 0.0946. The standard InChI is InChI=1S/C13H15N3O4S/c1-8-11(12(9(2)20-8)21(14,18)19)13(17)16-7-10-4-3-5-15-6-10/h3-6H,7H2,1-2H3,(H,16,17)(H2,14,18,19). The minimum absolute atomic E-state index is 0.0566. The van der Waals surface area contributed by atoms with Crippen LogP contribution in [0.25, 0.3) is 0 Å². The van der Waals surface area contributed by atoms with Gasteiger partial charge < -0.3 is 9.73 Å². The number of pyridine rings is 1. The monoisotopic (exact) mass is 309 g/mol. The fourth-order valence-electron chi connectivity index (χ4n) is 2.04. The van der Waals surface area contributed by atoms with Gasteiger partial charge in [0.2, 0.25) is 10.0 Å². The van der Waals surface area contributed by atoms with Crippen LogP contribution >= 0.6 is 0 Å². The fraction of sp³-hybridized carbons (Fsp3) is 0.231. The zero-order chi connectivity index (χ0) is 15.6. The molecule has 7 nitrogen and oxygen atoms in total. The third kappa shape index (κ3) is 3.29. The van der Waals surface area contributed by atoms with Crippen molar-refractivity contribution >= 4 is 15.9 Å². The number of furan rings is 1. The molecule has 0 aliphatic carbocycles. The lowest BCUT2D eigenvalue weighted by atomic mass is 10.2. The molecule has 0 saturated heterocycles. The van der Waals surface area contributed by atoms with Crippen LogP contribution in [0.1, 0.15) is 27.4 Å². The molecular formula is C13H15N3O4S. The van der Waals surface area contributed by atoms with E-state index < -0.39 is 15.9 Å². The molecular weight excluding hydrogens is 294 g/mol. The smallest absolute Gasteiger partial charge is 0.256 e. The molecule has 8 heteroatoms. The minimum Gasteiger partial charge on any atom is -0.464 e. The first kappa shape index (κ1) is 15.2. The quantitative estimate of drug-likeness (QED) is 0.869. The average molecular weight is 309 g/mol. The number of sulfonamides is 1. The summed E-state index contributed by atoms with van der Waals surface area (Å²) in [5.74, 6) is -0.251. The Balaban J connectivity index is 2.28. The average Bonchev–Trinajstić information content (AvgIpc) is 2.72. The highest BCUT2D eigenvalue weighted by Crippen LogP contribution is 2.25. The summed E-state index contributed by atoms with van der Waals surface area (Å²) >= 11 is 0. The minimum atomic E-state index is -4.04. The molecule has 21 heavy (non-hydrogen) atoms. The first-order valence-electron chi connectivity index (χ1n) is 6.10. The molecule has 1 amide bonds. The summed E-state index contributed by atoms with van der Waals surface area (Å²) in [6, 6.07) is 3.53. The third-order valence-electron chi connectivity index (χ3n) is 2.89. The molecule has 0 atom stereocenters. The Morgan fingerprint density at radius 2 is 2.10 bits per heavy atom. The van der Waals surface area contributed by atoms with Gasteiger partial charge in [0, 0.05) is 18.9 Å². The highest BCUT2D eigenvalue weighted by molar-refractivity contribution is 7.89. The fourth-order valence-corrected chi connectivity index (χ4v) is 3.01. The first-order valence-corrected chi connectivity index (χ1v) is 7.65. The maximum Gasteiger partial charge on any atom is 0.256 e. The molecule has 0 aliphatic rings. The Labute approximate surface area is 122 Å². The predicted molar refractivity (Wildman–Crippen MR) is 75.0 cm³/mol. The van der Waals surface area contributed by atoms with Crippen molar-refractivity contribution in [2.24, 2.45) is 5.14 Å². The van der Waals surface area contributed by atoms with E-state index in [9.17, 15) is 13.2 Å². The Bertz CT molecular complexity index is 766. The lowest BCUT2D eigenvalue weighted by Crippen LogP contribution is -2.26. The van der Waals surface area contributed by atoms with Gasteiger partial charge in [0.25, 0.3) is 5.91 Å². The van der Waals surface area contributed by atoms with Crippen molar-refractivity contribution in [1.29, 1.82) is 0 Å². The Morgan fingerprint density at radius 1 is 1.38 bits per heavy atom. The Hall–Kier alpha value is -2.19. The number of nitrogens with zero attached hydrogens (tertiary/aromatic N) is 1. The van der Waals surface area contributed by atoms with Gasteiger partial charge in [0.15, 0.2) is 0 Å². The third-order valence-corrected chi connectivity index (χ3v) is 3.95. The Kier molecular flexibility index (Phi) is 4.10. The van der Waals surface area contributed by atoms with Gasteiger partial charge in [-0.3, -0.25) is 9.78 Å². The molecule has 112 valence electrons. The van der Waals surface area contributed by atoms with E-state index in [-0.39, 0.29) is 28.5 Å². The van der Waals surface area contributed by atoms with Gasteiger partial charge >= 0.3 is 0 Å². The second kappa shape index (κ2) is 5.66. The number of carbonyl (C=O) groups is 1. The largest absolute Gasteiger partial charge is 0.464 e. The number of nitrogens with two attached hydrogens (primary N) is 1. The molecule has 3 N–H and O–H groups in total. The molecule has 2 aromatic rings. The molecule has 0 bridgehead atoms. The van der Waals surface area contributed by atoms with Crippen LogP contribution in [-0.2, 0) is 16.6 Å². The molecule has 2 rings (SSSR count). The van der Waals surface area contributed by atoms with Gasteiger partial charge in [-0.05, 0) is 25.5 Å². The van der Waals surface area contributed by atoms with E-state index in [1.165, 1.54) is 13.8 Å². The summed E-state index contributed by atoms with van der Waals surface area (Å²) in [6.45, 7) is 3.19. The van der Waals surface area contributed by atoms with Crippen LogP contribution in [0.4, 0.5) is 0 Å². The number of hydrogen-bond acceptors (Lipinski definition) is 5. The summed E-state index contributed by atoms with van der Waals surface area (Å²) in [5, 5.41) is 7.76. The molecule has 0 saturated carbocycles. The number of rotatable bonds is 4. The van der Waals surface area contributed by atoms with Crippen LogP contribution in [0, 0.1) is 13.8 Å². The summed E-state index contributed by atoms with van der Waals surface area (Å²) in [4.78, 5) is 15.9. The highest BCUT2D eigenvalue weighted by Gasteiger charge is 2.28. The van der Waals surface area contributed by atoms with Crippen molar-refractivity contribution in [3.05, 3.63) is 47.2 Å². The number of carbonyl (C=O) groups excluding carboxylic acids is 1. The van der Waals surface area contributed by atoms with Crippen LogP contribution in [0.5, 0.6) is 0 Å². The van der Waals surface area contributed by atoms with E-state index in [0.29, 0.717) is 0 Å². The molecule has 0 unspecified atom stereocenters. The van der Waals surface area contributed by atoms with Gasteiger partial charge in [-0.15, -0.1) is 0 Å². The highest BCUT2D eigenvalue weighted by atomic mass is 32.2. The van der Waals surface area contributed by atoms with E-state index in [4.69, 9.17) is 9.56 Å². The molecule has 2 aromatic heterocycles. The molecule has 0 radical (unpaired) electrons. The summed E-state index contributed by atoms with van der Waals surface area (Å²) in [7, 11) is -4.04. The van der Waals surface area contributed by atoms with Crippen molar-refractivity contribution in [2.45, 2.75) is 25.3 Å². The maximum absolute atomic E-state index is 12.2. The van der Waals surface area contributed by atoms with Crippen LogP contribution in [0.15, 0.2) is 33.8 Å². The first-order chi connectivity index (χ1) is 9.80. The van der Waals surface area contributed by atoms with Gasteiger partial charge in [0.05, 0.1) is 0 Å². The van der Waals surface area contributed by atoms with Crippen molar-refractivity contribution in [3.8, 4) is 0 Å². The van der Waals surface area contributed by atoms with Crippen LogP contribution in [0.3, 0.4) is 0 Å². The SMILES string of the molecule is Cc1oc(C)c(S(N)(=O)=O)c1C(=O)NCc1cccnc1. The number of aryl methyl sites for hydroxylation is 2. The molecule has 0 aliphatic heterocycles. The maximum atomic E-state index is 12.2. The van der Waals surface area contributed by atoms with Crippen LogP contribution in [-0.4, -0.2) is 19.3 Å². The second-order valence-electron chi connectivity index (χ2n) is 4.51. The number of nitrogens with one attached hydrogen (secondary N) is 1. The lowest BCUT2D eigenvalue weighted by Gasteiger charge is -2.06. The normalized spacial score (nSPS) is 11.4. The van der Waals surface area contributed by atoms with E-state index in [1.807, 2.05) is 0 Å². The van der Waals surface area contributed by atoms with Crippen molar-refractivity contribution in [1.82, 2.24) is 10.3 Å². The van der Waals surface area contributed by atoms with E-state index in [0.717, 1.165) is 5.56 Å². The van der Waals surface area contributed by atoms with Gasteiger partial charge in [0.1, 0.15) is 22.0 Å². The second-order valence-corrected chi connectivity index (χ2v) is 6.01. The molecule has 2 heterocycles. The molecule has 0 fully saturated rings. The summed E-state index contributed by atoms with van der Waals surface area (Å²) in [6.07, 6.45) is 3.22. The van der Waals surface area contributed by atoms with Crippen molar-refractivity contribution in [2.75, 3.05) is 0 Å². The van der Waals surface area contributed by atoms with Crippen molar-refractivity contribution in [3.63, 3.8) is 0 Å². The van der Waals surface area contributed by atoms with Crippen LogP contribution < -0.4 is 10.5 Å². The zero-order valence-corrected chi connectivity index (χ0v) is 12.4. The number of hydrogen-bond donors (Lipinski definition) is 2. The van der Waals surface area contributed by atoms with E-state index in [2.05, 4.69) is 10.3 Å². The zero-order valence-electron chi connectivity index (χ0n) is 11.6. The number of primary sulfonamides is 1. The number of amides is 1. The molecule has 0 aromatic carbocycles. The van der Waals surface area contributed by atoms with Crippen molar-refractivity contribution < 1.29 is 17.6 Å². The number of aromatic nitrogens is 1. The predicted octanol–water partition coefficient (Wildman–Crippen LogP) is 0.869. The van der Waals surface area contributed by atoms with E-state index in [1.54, 1.807) is 24.5 Å². The summed E-state index contributed by atoms with van der Waals surface area (Å²) in [5.41, 5.74) is 0.736. The van der Waals surface area contributed by atoms with Crippen LogP contribution in [0.2, 0.25) is 0 Å². The van der Waals surface area contributed by atoms with E-state index >= 15 is 0 Å². The summed E-state index contributed by atoms with van der Waals surface area (Å²) < 4.78 is 28.4. The molecule has 0 spiro atoms. The van der Waals surface area contributed by atoms with Gasteiger partial charge in [-0.25, -0.2) is 13.6 Å². The van der Waals surface area contributed by atoms with Gasteiger partial charge in [-0.2, -0.15) is 0 Å². The topological polar surface area (TPSA) is 115 Å². The Morgan fingerprint density at radius 3 is 2.67 bits per heavy atom. The van der Waals surface area contributed by atoms with Gasteiger partial charge in [-0.1, -0.05) is 6.07 Å².